The second kappa shape index (κ2) is 6.58. The first kappa shape index (κ1) is 15.8. The molecule has 0 amide bonds. The number of methoxy groups -OCH3 is 1. The highest BCUT2D eigenvalue weighted by Gasteiger charge is 2.30. The molecule has 2 atom stereocenters. The highest BCUT2D eigenvalue weighted by atomic mass is 16.5. The van der Waals surface area contributed by atoms with Crippen LogP contribution in [0.2, 0.25) is 0 Å². The lowest BCUT2D eigenvalue weighted by Gasteiger charge is -2.38. The van der Waals surface area contributed by atoms with E-state index in [9.17, 15) is 4.79 Å². The summed E-state index contributed by atoms with van der Waals surface area (Å²) in [6.45, 7) is 3.90. The molecule has 1 aliphatic heterocycles. The zero-order chi connectivity index (χ0) is 16.4. The minimum absolute atomic E-state index is 0.168. The molecule has 0 spiro atoms. The van der Waals surface area contributed by atoms with Gasteiger partial charge in [-0.1, -0.05) is 25.1 Å². The number of benzene rings is 1. The number of rotatable bonds is 4. The molecule has 1 saturated heterocycles. The third kappa shape index (κ3) is 3.32. The van der Waals surface area contributed by atoms with Crippen molar-refractivity contribution in [3.05, 3.63) is 46.1 Å². The SMILES string of the molecule is COc1ccccc1C1CCC(C)CN1Cc1nn(C)c(=O)[nH]1. The number of aryl methyl sites for hydroxylation is 1. The second-order valence-electron chi connectivity index (χ2n) is 6.37. The Hall–Kier alpha value is -2.08. The number of hydrogen-bond acceptors (Lipinski definition) is 4. The highest BCUT2D eigenvalue weighted by Crippen LogP contribution is 2.37. The van der Waals surface area contributed by atoms with E-state index in [-0.39, 0.29) is 11.7 Å². The van der Waals surface area contributed by atoms with E-state index >= 15 is 0 Å². The van der Waals surface area contributed by atoms with Crippen molar-refractivity contribution in [3.63, 3.8) is 0 Å². The van der Waals surface area contributed by atoms with E-state index in [0.29, 0.717) is 18.3 Å². The lowest BCUT2D eigenvalue weighted by molar-refractivity contribution is 0.101. The van der Waals surface area contributed by atoms with Crippen LogP contribution in [0.1, 0.15) is 37.2 Å². The standard InChI is InChI=1S/C17H24N4O2/c1-12-8-9-14(13-6-4-5-7-15(13)23-3)21(10-12)11-16-18-17(22)20(2)19-16/h4-7,12,14H,8-11H2,1-3H3,(H,18,19,22). The molecule has 0 radical (unpaired) electrons. The van der Waals surface area contributed by atoms with Crippen LogP contribution >= 0.6 is 0 Å². The first-order chi connectivity index (χ1) is 11.1. The maximum Gasteiger partial charge on any atom is 0.343 e. The third-order valence-electron chi connectivity index (χ3n) is 4.59. The first-order valence-electron chi connectivity index (χ1n) is 8.07. The number of para-hydroxylation sites is 1. The van der Waals surface area contributed by atoms with Gasteiger partial charge in [-0.3, -0.25) is 9.88 Å². The van der Waals surface area contributed by atoms with Crippen LogP contribution in [-0.2, 0) is 13.6 Å². The summed E-state index contributed by atoms with van der Waals surface area (Å²) in [5.74, 6) is 2.27. The van der Waals surface area contributed by atoms with Gasteiger partial charge in [-0.05, 0) is 24.8 Å². The Bertz CT molecular complexity index is 721. The Balaban J connectivity index is 1.88. The summed E-state index contributed by atoms with van der Waals surface area (Å²) >= 11 is 0. The maximum absolute atomic E-state index is 11.6. The van der Waals surface area contributed by atoms with Crippen molar-refractivity contribution in [2.24, 2.45) is 13.0 Å². The molecule has 3 rings (SSSR count). The normalized spacial score (nSPS) is 22.2. The summed E-state index contributed by atoms with van der Waals surface area (Å²) in [6.07, 6.45) is 2.27. The van der Waals surface area contributed by atoms with Gasteiger partial charge >= 0.3 is 5.69 Å². The van der Waals surface area contributed by atoms with Crippen molar-refractivity contribution in [1.29, 1.82) is 0 Å². The second-order valence-corrected chi connectivity index (χ2v) is 6.37. The van der Waals surface area contributed by atoms with Crippen LogP contribution in [0, 0.1) is 5.92 Å². The molecular weight excluding hydrogens is 292 g/mol. The van der Waals surface area contributed by atoms with Crippen LogP contribution in [0.4, 0.5) is 0 Å². The molecule has 0 saturated carbocycles. The van der Waals surface area contributed by atoms with E-state index < -0.39 is 0 Å². The van der Waals surface area contributed by atoms with Crippen LogP contribution in [-0.4, -0.2) is 33.3 Å². The Morgan fingerprint density at radius 1 is 1.35 bits per heavy atom. The Kier molecular flexibility index (Phi) is 4.52. The molecule has 2 unspecified atom stereocenters. The molecule has 23 heavy (non-hydrogen) atoms. The van der Waals surface area contributed by atoms with Gasteiger partial charge in [0.05, 0.1) is 13.7 Å². The van der Waals surface area contributed by atoms with Gasteiger partial charge in [-0.25, -0.2) is 9.48 Å². The Morgan fingerprint density at radius 3 is 2.83 bits per heavy atom. The molecule has 2 heterocycles. The number of aromatic amines is 1. The average Bonchev–Trinajstić information content (AvgIpc) is 2.85. The van der Waals surface area contributed by atoms with Crippen molar-refractivity contribution < 1.29 is 4.74 Å². The summed E-state index contributed by atoms with van der Waals surface area (Å²) in [5, 5.41) is 4.28. The summed E-state index contributed by atoms with van der Waals surface area (Å²) in [5.41, 5.74) is 1.04. The molecule has 1 aromatic carbocycles. The van der Waals surface area contributed by atoms with Crippen molar-refractivity contribution >= 4 is 0 Å². The van der Waals surface area contributed by atoms with Gasteiger partial charge in [-0.15, -0.1) is 0 Å². The van der Waals surface area contributed by atoms with Crippen LogP contribution in [0.15, 0.2) is 29.1 Å². The summed E-state index contributed by atoms with van der Waals surface area (Å²) in [4.78, 5) is 16.8. The number of likely N-dealkylation sites (tertiary alicyclic amines) is 1. The summed E-state index contributed by atoms with van der Waals surface area (Å²) < 4.78 is 6.89. The van der Waals surface area contributed by atoms with Gasteiger partial charge in [0.1, 0.15) is 11.6 Å². The molecule has 1 fully saturated rings. The molecule has 6 heteroatoms. The monoisotopic (exact) mass is 316 g/mol. The van der Waals surface area contributed by atoms with Crippen LogP contribution in [0.3, 0.4) is 0 Å². The largest absolute Gasteiger partial charge is 0.496 e. The molecule has 0 bridgehead atoms. The fraction of sp³-hybridized carbons (Fsp3) is 0.529. The van der Waals surface area contributed by atoms with E-state index in [1.807, 2.05) is 12.1 Å². The molecular formula is C17H24N4O2. The van der Waals surface area contributed by atoms with E-state index in [4.69, 9.17) is 4.74 Å². The van der Waals surface area contributed by atoms with Crippen LogP contribution in [0.25, 0.3) is 0 Å². The summed E-state index contributed by atoms with van der Waals surface area (Å²) in [6, 6.07) is 8.47. The Labute approximate surface area is 136 Å². The number of hydrogen-bond donors (Lipinski definition) is 1. The van der Waals surface area contributed by atoms with Gasteiger partial charge in [0.25, 0.3) is 0 Å². The van der Waals surface area contributed by atoms with Gasteiger partial charge in [0, 0.05) is 25.2 Å². The molecule has 1 N–H and O–H groups in total. The number of piperidine rings is 1. The zero-order valence-corrected chi connectivity index (χ0v) is 14.0. The highest BCUT2D eigenvalue weighted by molar-refractivity contribution is 5.36. The van der Waals surface area contributed by atoms with Crippen molar-refractivity contribution in [1.82, 2.24) is 19.7 Å². The number of nitrogens with zero attached hydrogens (tertiary/aromatic N) is 3. The van der Waals surface area contributed by atoms with E-state index in [1.54, 1.807) is 14.2 Å². The molecule has 1 aromatic heterocycles. The van der Waals surface area contributed by atoms with Crippen molar-refractivity contribution in [2.45, 2.75) is 32.4 Å². The first-order valence-corrected chi connectivity index (χ1v) is 8.07. The number of H-pyrrole nitrogens is 1. The van der Waals surface area contributed by atoms with Crippen molar-refractivity contribution in [3.8, 4) is 5.75 Å². The fourth-order valence-electron chi connectivity index (χ4n) is 3.43. The average molecular weight is 316 g/mol. The van der Waals surface area contributed by atoms with E-state index in [2.05, 4.69) is 34.0 Å². The fourth-order valence-corrected chi connectivity index (χ4v) is 3.43. The van der Waals surface area contributed by atoms with Crippen LogP contribution in [0.5, 0.6) is 5.75 Å². The minimum Gasteiger partial charge on any atom is -0.496 e. The quantitative estimate of drug-likeness (QED) is 0.938. The lowest BCUT2D eigenvalue weighted by atomic mass is 9.89. The zero-order valence-electron chi connectivity index (χ0n) is 14.0. The van der Waals surface area contributed by atoms with Gasteiger partial charge < -0.3 is 4.74 Å². The Morgan fingerprint density at radius 2 is 2.13 bits per heavy atom. The number of ether oxygens (including phenoxy) is 1. The van der Waals surface area contributed by atoms with E-state index in [1.165, 1.54) is 16.7 Å². The summed E-state index contributed by atoms with van der Waals surface area (Å²) in [7, 11) is 3.38. The smallest absolute Gasteiger partial charge is 0.343 e. The molecule has 2 aromatic rings. The topological polar surface area (TPSA) is 63.1 Å². The molecule has 0 aliphatic carbocycles. The van der Waals surface area contributed by atoms with Gasteiger partial charge in [0.15, 0.2) is 0 Å². The predicted molar refractivity (Wildman–Crippen MR) is 88.4 cm³/mol. The van der Waals surface area contributed by atoms with Gasteiger partial charge in [-0.2, -0.15) is 5.10 Å². The maximum atomic E-state index is 11.6. The minimum atomic E-state index is -0.168. The van der Waals surface area contributed by atoms with Gasteiger partial charge in [0.2, 0.25) is 0 Å². The van der Waals surface area contributed by atoms with E-state index in [0.717, 1.165) is 18.7 Å². The van der Waals surface area contributed by atoms with Crippen LogP contribution < -0.4 is 10.4 Å². The third-order valence-corrected chi connectivity index (χ3v) is 4.59. The lowest BCUT2D eigenvalue weighted by Crippen LogP contribution is -2.37. The molecule has 1 aliphatic rings. The molecule has 6 nitrogen and oxygen atoms in total. The predicted octanol–water partition coefficient (Wildman–Crippen LogP) is 2.09. The van der Waals surface area contributed by atoms with Crippen molar-refractivity contribution in [2.75, 3.05) is 13.7 Å². The number of nitrogens with one attached hydrogen (secondary N) is 1. The number of aromatic nitrogens is 3. The molecule has 124 valence electrons.